The molecule has 612 valence electrons. The van der Waals surface area contributed by atoms with Crippen LogP contribution in [0.2, 0.25) is 0 Å². The second-order valence-corrected chi connectivity index (χ2v) is 33.8. The summed E-state index contributed by atoms with van der Waals surface area (Å²) in [5, 5.41) is 10.7. The Morgan fingerprint density at radius 1 is 0.282 bits per heavy atom. The van der Waals surface area contributed by atoms with Crippen LogP contribution in [0, 0.1) is 11.8 Å². The van der Waals surface area contributed by atoms with E-state index in [0.717, 1.165) is 102 Å². The molecule has 0 aliphatic carbocycles. The van der Waals surface area contributed by atoms with Crippen LogP contribution in [0.1, 0.15) is 446 Å². The van der Waals surface area contributed by atoms with Gasteiger partial charge < -0.3 is 33.8 Å². The number of phosphoric ester groups is 2. The number of hydrogen-bond acceptors (Lipinski definition) is 15. The van der Waals surface area contributed by atoms with Gasteiger partial charge in [-0.15, -0.1) is 0 Å². The summed E-state index contributed by atoms with van der Waals surface area (Å²) in [6.45, 7) is 9.72. The summed E-state index contributed by atoms with van der Waals surface area (Å²) >= 11 is 0. The first kappa shape index (κ1) is 101. The van der Waals surface area contributed by atoms with E-state index in [0.29, 0.717) is 25.7 Å². The highest BCUT2D eigenvalue weighted by Gasteiger charge is 2.30. The van der Waals surface area contributed by atoms with Crippen LogP contribution in [0.25, 0.3) is 0 Å². The van der Waals surface area contributed by atoms with Crippen molar-refractivity contribution < 1.29 is 80.2 Å². The van der Waals surface area contributed by atoms with Gasteiger partial charge in [0, 0.05) is 25.7 Å². The zero-order valence-corrected chi connectivity index (χ0v) is 69.4. The molecule has 3 N–H and O–H groups in total. The molecule has 17 nitrogen and oxygen atoms in total. The normalized spacial score (nSPS) is 14.1. The van der Waals surface area contributed by atoms with Gasteiger partial charge in [-0.25, -0.2) is 9.13 Å². The summed E-state index contributed by atoms with van der Waals surface area (Å²) in [6, 6.07) is 0. The minimum absolute atomic E-state index is 0.107. The van der Waals surface area contributed by atoms with E-state index in [1.54, 1.807) is 0 Å². The van der Waals surface area contributed by atoms with Gasteiger partial charge >= 0.3 is 39.5 Å². The summed E-state index contributed by atoms with van der Waals surface area (Å²) in [5.74, 6) is -0.476. The summed E-state index contributed by atoms with van der Waals surface area (Å²) in [7, 11) is -9.92. The van der Waals surface area contributed by atoms with Crippen molar-refractivity contribution in [1.82, 2.24) is 0 Å². The first-order chi connectivity index (χ1) is 49.9. The number of unbranched alkanes of at least 4 members (excludes halogenated alkanes) is 52. The standard InChI is InChI=1S/C84H164O17P2/c1-7-10-12-14-16-18-20-21-22-23-24-25-26-31-38-44-50-56-62-68-83(88)100-80(73-95-82(87)67-61-55-49-43-37-30-28-27-29-36-41-47-53-59-65-77(6)9-3)75-99-103(92,93)97-71-78(85)70-96-102(90,91)98-74-79(72-94-81(86)66-60-54-48-42-34-19-17-15-13-11-8-2)101-84(89)69-63-57-51-45-39-33-32-35-40-46-52-58-64-76(4)5/h76-80,85H,7-75H2,1-6H3,(H,90,91)(H,92,93)/t77?,78-,79+,80+/m0/s1. The molecule has 0 saturated heterocycles. The first-order valence-electron chi connectivity index (χ1n) is 43.5. The lowest BCUT2D eigenvalue weighted by Gasteiger charge is -2.21. The molecule has 6 atom stereocenters. The number of carbonyl (C=O) groups excluding carboxylic acids is 4. The molecule has 0 saturated carbocycles. The third kappa shape index (κ3) is 76.6. The molecule has 0 bridgehead atoms. The number of aliphatic hydroxyl groups is 1. The van der Waals surface area contributed by atoms with Gasteiger partial charge in [0.15, 0.2) is 12.2 Å². The summed E-state index contributed by atoms with van der Waals surface area (Å²) < 4.78 is 68.8. The van der Waals surface area contributed by atoms with Crippen LogP contribution in [0.15, 0.2) is 0 Å². The maximum absolute atomic E-state index is 13.1. The summed E-state index contributed by atoms with van der Waals surface area (Å²) in [5.41, 5.74) is 0. The minimum Gasteiger partial charge on any atom is -0.462 e. The Bertz CT molecular complexity index is 1980. The second-order valence-electron chi connectivity index (χ2n) is 30.9. The summed E-state index contributed by atoms with van der Waals surface area (Å²) in [6.07, 6.45) is 66.5. The van der Waals surface area contributed by atoms with E-state index in [1.165, 1.54) is 263 Å². The van der Waals surface area contributed by atoms with E-state index in [2.05, 4.69) is 41.5 Å². The highest BCUT2D eigenvalue weighted by molar-refractivity contribution is 7.47. The Labute approximate surface area is 632 Å². The Kier molecular flexibility index (Phi) is 74.1. The molecular formula is C84H164O17P2. The first-order valence-corrected chi connectivity index (χ1v) is 46.5. The predicted molar refractivity (Wildman–Crippen MR) is 423 cm³/mol. The molecule has 0 aromatic carbocycles. The van der Waals surface area contributed by atoms with Crippen LogP contribution < -0.4 is 0 Å². The van der Waals surface area contributed by atoms with Crippen molar-refractivity contribution in [2.75, 3.05) is 39.6 Å². The molecule has 0 spiro atoms. The molecule has 103 heavy (non-hydrogen) atoms. The number of aliphatic hydroxyl groups excluding tert-OH is 1. The fraction of sp³-hybridized carbons (Fsp3) is 0.952. The van der Waals surface area contributed by atoms with Crippen LogP contribution >= 0.6 is 15.6 Å². The maximum atomic E-state index is 13.1. The number of ether oxygens (including phenoxy) is 4. The van der Waals surface area contributed by atoms with Gasteiger partial charge in [-0.2, -0.15) is 0 Å². The largest absolute Gasteiger partial charge is 0.472 e. The summed E-state index contributed by atoms with van der Waals surface area (Å²) in [4.78, 5) is 73.2. The fourth-order valence-electron chi connectivity index (χ4n) is 13.0. The molecule has 0 heterocycles. The van der Waals surface area contributed by atoms with Crippen molar-refractivity contribution in [3.05, 3.63) is 0 Å². The Morgan fingerprint density at radius 3 is 0.738 bits per heavy atom. The third-order valence-corrected chi connectivity index (χ3v) is 22.0. The van der Waals surface area contributed by atoms with Gasteiger partial charge in [0.1, 0.15) is 19.3 Å². The molecule has 0 rings (SSSR count). The topological polar surface area (TPSA) is 237 Å². The number of rotatable bonds is 83. The Hall–Kier alpha value is -1.94. The van der Waals surface area contributed by atoms with Crippen molar-refractivity contribution in [1.29, 1.82) is 0 Å². The quantitative estimate of drug-likeness (QED) is 0.0222. The predicted octanol–water partition coefficient (Wildman–Crippen LogP) is 25.5. The fourth-order valence-corrected chi connectivity index (χ4v) is 14.6. The molecule has 19 heteroatoms. The molecule has 0 aromatic rings. The zero-order chi connectivity index (χ0) is 75.6. The van der Waals surface area contributed by atoms with Crippen LogP contribution in [-0.4, -0.2) is 96.7 Å². The van der Waals surface area contributed by atoms with E-state index in [-0.39, 0.29) is 25.7 Å². The van der Waals surface area contributed by atoms with Gasteiger partial charge in [-0.05, 0) is 37.5 Å². The monoisotopic (exact) mass is 1510 g/mol. The lowest BCUT2D eigenvalue weighted by molar-refractivity contribution is -0.161. The highest BCUT2D eigenvalue weighted by atomic mass is 31.2. The average Bonchev–Trinajstić information content (AvgIpc) is 0.908. The van der Waals surface area contributed by atoms with E-state index in [1.807, 2.05) is 0 Å². The average molecular weight is 1510 g/mol. The second kappa shape index (κ2) is 75.5. The molecule has 0 aromatic heterocycles. The molecule has 0 aliphatic rings. The molecule has 3 unspecified atom stereocenters. The van der Waals surface area contributed by atoms with Crippen molar-refractivity contribution in [3.8, 4) is 0 Å². The maximum Gasteiger partial charge on any atom is 0.472 e. The lowest BCUT2D eigenvalue weighted by Crippen LogP contribution is -2.30. The highest BCUT2D eigenvalue weighted by Crippen LogP contribution is 2.45. The zero-order valence-electron chi connectivity index (χ0n) is 67.6. The van der Waals surface area contributed by atoms with Gasteiger partial charge in [0.25, 0.3) is 0 Å². The molecular weight excluding hydrogens is 1340 g/mol. The van der Waals surface area contributed by atoms with Gasteiger partial charge in [0.2, 0.25) is 0 Å². The van der Waals surface area contributed by atoms with Crippen molar-refractivity contribution >= 4 is 39.5 Å². The number of esters is 4. The van der Waals surface area contributed by atoms with E-state index >= 15 is 0 Å². The number of phosphoric acid groups is 2. The van der Waals surface area contributed by atoms with Crippen molar-refractivity contribution in [2.24, 2.45) is 11.8 Å². The van der Waals surface area contributed by atoms with Crippen molar-refractivity contribution in [2.45, 2.75) is 464 Å². The van der Waals surface area contributed by atoms with E-state index in [4.69, 9.17) is 37.0 Å². The molecule has 0 amide bonds. The minimum atomic E-state index is -4.96. The molecule has 0 radical (unpaired) electrons. The van der Waals surface area contributed by atoms with E-state index < -0.39 is 97.5 Å². The van der Waals surface area contributed by atoms with E-state index in [9.17, 15) is 43.2 Å². The molecule has 0 fully saturated rings. The third-order valence-electron chi connectivity index (χ3n) is 20.1. The van der Waals surface area contributed by atoms with Crippen LogP contribution in [0.5, 0.6) is 0 Å². The Balaban J connectivity index is 5.25. The van der Waals surface area contributed by atoms with Crippen LogP contribution in [0.3, 0.4) is 0 Å². The van der Waals surface area contributed by atoms with Crippen LogP contribution in [-0.2, 0) is 65.4 Å². The van der Waals surface area contributed by atoms with Gasteiger partial charge in [-0.3, -0.25) is 37.3 Å². The Morgan fingerprint density at radius 2 is 0.495 bits per heavy atom. The SMILES string of the molecule is CCCCCCCCCCCCCCCCCCCCCC(=O)O[C@H](COC(=O)CCCCCCCCCCCCCCCCC(C)CC)COP(=O)(O)OC[C@@H](O)COP(=O)(O)OC[C@@H](COC(=O)CCCCCCCCCCCCC)OC(=O)CCCCCCCCCCCCCCC(C)C. The smallest absolute Gasteiger partial charge is 0.462 e. The van der Waals surface area contributed by atoms with Gasteiger partial charge in [0.05, 0.1) is 26.4 Å². The lowest BCUT2D eigenvalue weighted by atomic mass is 9.99. The number of hydrogen-bond donors (Lipinski definition) is 3. The molecule has 0 aliphatic heterocycles. The van der Waals surface area contributed by atoms with Crippen LogP contribution in [0.4, 0.5) is 0 Å². The van der Waals surface area contributed by atoms with Gasteiger partial charge in [-0.1, -0.05) is 395 Å². The number of carbonyl (C=O) groups is 4. The van der Waals surface area contributed by atoms with Crippen molar-refractivity contribution in [3.63, 3.8) is 0 Å².